The Morgan fingerprint density at radius 3 is 2.48 bits per heavy atom. The minimum Gasteiger partial charge on any atom is -0.497 e. The zero-order chi connectivity index (χ0) is 23.7. The van der Waals surface area contributed by atoms with Crippen molar-refractivity contribution in [3.63, 3.8) is 0 Å². The zero-order valence-electron chi connectivity index (χ0n) is 20.1. The second kappa shape index (κ2) is 12.5. The number of methoxy groups -OCH3 is 1. The maximum absolute atomic E-state index is 12.6. The molecule has 0 unspecified atom stereocenters. The molecule has 0 aromatic heterocycles. The predicted octanol–water partition coefficient (Wildman–Crippen LogP) is 5.68. The molecule has 6 heteroatoms. The molecule has 182 valence electrons. The fourth-order valence-corrected chi connectivity index (χ4v) is 5.92. The molecule has 0 amide bonds. The minimum absolute atomic E-state index is 0.0699. The highest BCUT2D eigenvalue weighted by molar-refractivity contribution is 7.91. The lowest BCUT2D eigenvalue weighted by Gasteiger charge is -2.17. The van der Waals surface area contributed by atoms with Gasteiger partial charge in [0, 0.05) is 6.61 Å². The van der Waals surface area contributed by atoms with E-state index in [0.29, 0.717) is 23.3 Å². The van der Waals surface area contributed by atoms with E-state index in [-0.39, 0.29) is 18.0 Å². The van der Waals surface area contributed by atoms with Crippen LogP contribution in [0.4, 0.5) is 0 Å². The third-order valence-electron chi connectivity index (χ3n) is 6.41. The molecule has 2 aromatic carbocycles. The molecule has 0 N–H and O–H groups in total. The molecule has 1 saturated heterocycles. The summed E-state index contributed by atoms with van der Waals surface area (Å²) in [4.78, 5) is 0.382. The minimum atomic E-state index is -3.30. The molecule has 0 saturated carbocycles. The van der Waals surface area contributed by atoms with Gasteiger partial charge in [0.1, 0.15) is 5.75 Å². The van der Waals surface area contributed by atoms with Gasteiger partial charge in [-0.25, -0.2) is 8.42 Å². The first kappa shape index (κ1) is 25.7. The maximum atomic E-state index is 12.6. The average molecular weight is 475 g/mol. The van der Waals surface area contributed by atoms with E-state index in [9.17, 15) is 8.42 Å². The van der Waals surface area contributed by atoms with Crippen molar-refractivity contribution in [3.8, 4) is 5.75 Å². The van der Waals surface area contributed by atoms with Gasteiger partial charge < -0.3 is 14.2 Å². The van der Waals surface area contributed by atoms with Crippen molar-refractivity contribution in [2.75, 3.05) is 19.5 Å². The number of unbranched alkanes of at least 4 members (excludes halogenated alkanes) is 1. The van der Waals surface area contributed by atoms with Gasteiger partial charge in [0.05, 0.1) is 36.6 Å². The summed E-state index contributed by atoms with van der Waals surface area (Å²) in [7, 11) is -1.64. The SMILES string of the molecule is COc1ccc(COC[C@@H](C)CCCC[C@@H]2O[C@@H](CS(=O)(=O)c3ccccc3)C[C@@H]2C)cc1. The van der Waals surface area contributed by atoms with Gasteiger partial charge in [-0.3, -0.25) is 0 Å². The van der Waals surface area contributed by atoms with Crippen LogP contribution in [0.5, 0.6) is 5.75 Å². The molecule has 1 heterocycles. The monoisotopic (exact) mass is 474 g/mol. The van der Waals surface area contributed by atoms with Crippen LogP contribution in [0.2, 0.25) is 0 Å². The first-order valence-electron chi connectivity index (χ1n) is 12.0. The van der Waals surface area contributed by atoms with Crippen LogP contribution in [0.3, 0.4) is 0 Å². The molecule has 0 radical (unpaired) electrons. The van der Waals surface area contributed by atoms with Gasteiger partial charge in [0.15, 0.2) is 9.84 Å². The van der Waals surface area contributed by atoms with Crippen LogP contribution in [-0.4, -0.2) is 40.1 Å². The van der Waals surface area contributed by atoms with E-state index in [1.165, 1.54) is 0 Å². The van der Waals surface area contributed by atoms with E-state index in [1.54, 1.807) is 31.4 Å². The van der Waals surface area contributed by atoms with Gasteiger partial charge in [0.25, 0.3) is 0 Å². The van der Waals surface area contributed by atoms with Crippen LogP contribution < -0.4 is 4.74 Å². The fraction of sp³-hybridized carbons (Fsp3) is 0.556. The Bertz CT molecular complexity index is 927. The highest BCUT2D eigenvalue weighted by Crippen LogP contribution is 2.31. The van der Waals surface area contributed by atoms with Crippen LogP contribution >= 0.6 is 0 Å². The summed E-state index contributed by atoms with van der Waals surface area (Å²) in [5.74, 6) is 1.83. The Morgan fingerprint density at radius 2 is 1.79 bits per heavy atom. The Balaban J connectivity index is 1.31. The molecule has 1 aliphatic rings. The summed E-state index contributed by atoms with van der Waals surface area (Å²) in [6.45, 7) is 5.78. The van der Waals surface area contributed by atoms with Crippen LogP contribution in [0.25, 0.3) is 0 Å². The first-order chi connectivity index (χ1) is 15.9. The number of hydrogen-bond donors (Lipinski definition) is 0. The predicted molar refractivity (Wildman–Crippen MR) is 131 cm³/mol. The number of sulfone groups is 1. The Kier molecular flexibility index (Phi) is 9.78. The highest BCUT2D eigenvalue weighted by Gasteiger charge is 2.34. The maximum Gasteiger partial charge on any atom is 0.180 e. The van der Waals surface area contributed by atoms with Crippen LogP contribution in [0.1, 0.15) is 51.5 Å². The zero-order valence-corrected chi connectivity index (χ0v) is 20.9. The van der Waals surface area contributed by atoms with E-state index in [2.05, 4.69) is 13.8 Å². The summed E-state index contributed by atoms with van der Waals surface area (Å²) in [6, 6.07) is 16.6. The third kappa shape index (κ3) is 8.13. The lowest BCUT2D eigenvalue weighted by atomic mass is 9.96. The molecule has 3 rings (SSSR count). The van der Waals surface area contributed by atoms with Gasteiger partial charge in [-0.15, -0.1) is 0 Å². The average Bonchev–Trinajstić information content (AvgIpc) is 3.15. The number of hydrogen-bond acceptors (Lipinski definition) is 5. The fourth-order valence-electron chi connectivity index (χ4n) is 4.45. The van der Waals surface area contributed by atoms with Crippen LogP contribution in [0, 0.1) is 11.8 Å². The van der Waals surface area contributed by atoms with Gasteiger partial charge in [-0.1, -0.05) is 57.0 Å². The molecule has 1 fully saturated rings. The van der Waals surface area contributed by atoms with Gasteiger partial charge in [-0.2, -0.15) is 0 Å². The van der Waals surface area contributed by atoms with E-state index < -0.39 is 9.84 Å². The molecule has 33 heavy (non-hydrogen) atoms. The largest absolute Gasteiger partial charge is 0.497 e. The lowest BCUT2D eigenvalue weighted by molar-refractivity contribution is 0.0398. The van der Waals surface area contributed by atoms with Crippen molar-refractivity contribution in [3.05, 3.63) is 60.2 Å². The normalized spacial score (nSPS) is 21.7. The summed E-state index contributed by atoms with van der Waals surface area (Å²) in [5, 5.41) is 0. The highest BCUT2D eigenvalue weighted by atomic mass is 32.2. The smallest absolute Gasteiger partial charge is 0.180 e. The number of benzene rings is 2. The Labute approximate surface area is 199 Å². The van der Waals surface area contributed by atoms with Crippen molar-refractivity contribution < 1.29 is 22.6 Å². The number of rotatable bonds is 13. The molecule has 0 aliphatic carbocycles. The lowest BCUT2D eigenvalue weighted by Crippen LogP contribution is -2.22. The van der Waals surface area contributed by atoms with Gasteiger partial charge >= 0.3 is 0 Å². The van der Waals surface area contributed by atoms with Crippen molar-refractivity contribution in [2.24, 2.45) is 11.8 Å². The summed E-state index contributed by atoms with van der Waals surface area (Å²) >= 11 is 0. The molecule has 1 aliphatic heterocycles. The second-order valence-electron chi connectivity index (χ2n) is 9.36. The Hall–Kier alpha value is -1.89. The molecule has 4 atom stereocenters. The standard InChI is InChI=1S/C27H38O5S/c1-21(18-31-19-23-13-15-24(30-3)16-14-23)9-7-8-12-27-22(2)17-25(32-27)20-33(28,29)26-10-5-4-6-11-26/h4-6,10-11,13-16,21-22,25,27H,7-9,12,17-20H2,1-3H3/t21-,22-,25+,27-/m0/s1. The quantitative estimate of drug-likeness (QED) is 0.350. The molecule has 5 nitrogen and oxygen atoms in total. The van der Waals surface area contributed by atoms with E-state index in [0.717, 1.165) is 50.0 Å². The Morgan fingerprint density at radius 1 is 1.06 bits per heavy atom. The number of ether oxygens (including phenoxy) is 3. The van der Waals surface area contributed by atoms with Crippen molar-refractivity contribution in [1.29, 1.82) is 0 Å². The summed E-state index contributed by atoms with van der Waals surface area (Å²) in [5.41, 5.74) is 1.15. The molecule has 0 bridgehead atoms. The van der Waals surface area contributed by atoms with E-state index in [4.69, 9.17) is 14.2 Å². The molecular formula is C27H38O5S. The van der Waals surface area contributed by atoms with Crippen LogP contribution in [0.15, 0.2) is 59.5 Å². The van der Waals surface area contributed by atoms with Crippen molar-refractivity contribution in [1.82, 2.24) is 0 Å². The first-order valence-corrected chi connectivity index (χ1v) is 13.7. The second-order valence-corrected chi connectivity index (χ2v) is 11.4. The summed E-state index contributed by atoms with van der Waals surface area (Å²) in [6.07, 6.45) is 5.09. The topological polar surface area (TPSA) is 61.8 Å². The third-order valence-corrected chi connectivity index (χ3v) is 8.21. The van der Waals surface area contributed by atoms with Crippen molar-refractivity contribution >= 4 is 9.84 Å². The van der Waals surface area contributed by atoms with Crippen LogP contribution in [-0.2, 0) is 25.9 Å². The van der Waals surface area contributed by atoms with Crippen molar-refractivity contribution in [2.45, 2.75) is 69.7 Å². The molecule has 0 spiro atoms. The molecular weight excluding hydrogens is 436 g/mol. The van der Waals surface area contributed by atoms with E-state index >= 15 is 0 Å². The molecule has 2 aromatic rings. The van der Waals surface area contributed by atoms with Gasteiger partial charge in [0.2, 0.25) is 0 Å². The van der Waals surface area contributed by atoms with E-state index in [1.807, 2.05) is 30.3 Å². The summed E-state index contributed by atoms with van der Waals surface area (Å²) < 4.78 is 42.5. The van der Waals surface area contributed by atoms with Gasteiger partial charge in [-0.05, 0) is 60.9 Å².